The van der Waals surface area contributed by atoms with Gasteiger partial charge >= 0.3 is 6.03 Å². The summed E-state index contributed by atoms with van der Waals surface area (Å²) in [6, 6.07) is 12.1. The lowest BCUT2D eigenvalue weighted by atomic mass is 9.94. The highest BCUT2D eigenvalue weighted by Crippen LogP contribution is 2.27. The summed E-state index contributed by atoms with van der Waals surface area (Å²) in [5, 5.41) is 10.3. The van der Waals surface area contributed by atoms with E-state index in [-0.39, 0.29) is 18.0 Å². The molecule has 2 N–H and O–H groups in total. The number of rotatable bonds is 6. The molecule has 1 aliphatic rings. The minimum absolute atomic E-state index is 0.0450. The number of aromatic nitrogens is 2. The number of carbonyl (C=O) groups excluding carboxylic acids is 1. The molecule has 1 aliphatic heterocycles. The minimum Gasteiger partial charge on any atom is -0.383 e. The van der Waals surface area contributed by atoms with Crippen LogP contribution < -0.4 is 10.6 Å². The van der Waals surface area contributed by atoms with Crippen LogP contribution in [0.4, 0.5) is 10.6 Å². The summed E-state index contributed by atoms with van der Waals surface area (Å²) in [6.45, 7) is 5.17. The molecular formula is C19H27N5O2. The molecule has 0 bridgehead atoms. The number of hydrogen-bond donors (Lipinski definition) is 2. The fraction of sp³-hybridized carbons (Fsp3) is 0.474. The van der Waals surface area contributed by atoms with Gasteiger partial charge in [0.2, 0.25) is 0 Å². The van der Waals surface area contributed by atoms with Gasteiger partial charge in [-0.15, -0.1) is 0 Å². The van der Waals surface area contributed by atoms with Crippen LogP contribution in [0, 0.1) is 6.92 Å². The number of nitrogens with zero attached hydrogens (tertiary/aromatic N) is 3. The Labute approximate surface area is 154 Å². The fourth-order valence-electron chi connectivity index (χ4n) is 3.52. The average molecular weight is 357 g/mol. The summed E-state index contributed by atoms with van der Waals surface area (Å²) >= 11 is 0. The van der Waals surface area contributed by atoms with Crippen molar-refractivity contribution in [3.8, 4) is 0 Å². The maximum absolute atomic E-state index is 12.5. The smallest absolute Gasteiger partial charge is 0.320 e. The van der Waals surface area contributed by atoms with Crippen molar-refractivity contribution in [3.05, 3.63) is 47.7 Å². The number of amides is 2. The van der Waals surface area contributed by atoms with Crippen LogP contribution in [0.15, 0.2) is 36.4 Å². The maximum Gasteiger partial charge on any atom is 0.320 e. The molecule has 140 valence electrons. The normalized spacial score (nSPS) is 20.3. The van der Waals surface area contributed by atoms with E-state index in [4.69, 9.17) is 4.74 Å². The molecule has 2 atom stereocenters. The van der Waals surface area contributed by atoms with Crippen LogP contribution in [0.3, 0.4) is 0 Å². The first-order chi connectivity index (χ1) is 12.6. The number of likely N-dealkylation sites (tertiary alicyclic amines) is 1. The number of methoxy groups -OCH3 is 1. The molecule has 0 spiro atoms. The first kappa shape index (κ1) is 18.4. The van der Waals surface area contributed by atoms with E-state index in [1.165, 1.54) is 5.56 Å². The Morgan fingerprint density at radius 1 is 1.31 bits per heavy atom. The molecule has 7 nitrogen and oxygen atoms in total. The number of nitrogens with one attached hydrogen (secondary N) is 2. The number of hydrogen-bond acceptors (Lipinski definition) is 4. The van der Waals surface area contributed by atoms with Crippen molar-refractivity contribution in [3.63, 3.8) is 0 Å². The van der Waals surface area contributed by atoms with Gasteiger partial charge in [-0.1, -0.05) is 30.3 Å². The monoisotopic (exact) mass is 357 g/mol. The molecule has 26 heavy (non-hydrogen) atoms. The van der Waals surface area contributed by atoms with E-state index in [1.54, 1.807) is 11.8 Å². The molecule has 0 radical (unpaired) electrons. The van der Waals surface area contributed by atoms with Crippen LogP contribution >= 0.6 is 0 Å². The molecule has 7 heteroatoms. The molecular weight excluding hydrogens is 330 g/mol. The van der Waals surface area contributed by atoms with Gasteiger partial charge < -0.3 is 10.1 Å². The van der Waals surface area contributed by atoms with E-state index in [1.807, 2.05) is 38.2 Å². The van der Waals surface area contributed by atoms with E-state index in [0.717, 1.165) is 25.3 Å². The molecule has 0 unspecified atom stereocenters. The van der Waals surface area contributed by atoms with Gasteiger partial charge in [0, 0.05) is 45.8 Å². The highest BCUT2D eigenvalue weighted by molar-refractivity contribution is 5.88. The zero-order valence-corrected chi connectivity index (χ0v) is 15.6. The van der Waals surface area contributed by atoms with Gasteiger partial charge in [0.25, 0.3) is 0 Å². The zero-order valence-electron chi connectivity index (χ0n) is 15.6. The molecule has 1 fully saturated rings. The van der Waals surface area contributed by atoms with E-state index in [2.05, 4.69) is 32.8 Å². The molecule has 1 saturated heterocycles. The Kier molecular flexibility index (Phi) is 5.90. The second kappa shape index (κ2) is 8.33. The van der Waals surface area contributed by atoms with Gasteiger partial charge in [-0.2, -0.15) is 5.10 Å². The van der Waals surface area contributed by atoms with Gasteiger partial charge in [-0.25, -0.2) is 4.79 Å². The van der Waals surface area contributed by atoms with Crippen molar-refractivity contribution in [1.82, 2.24) is 20.0 Å². The topological polar surface area (TPSA) is 71.4 Å². The summed E-state index contributed by atoms with van der Waals surface area (Å²) in [5.41, 5.74) is 2.12. The van der Waals surface area contributed by atoms with Crippen molar-refractivity contribution < 1.29 is 9.53 Å². The summed E-state index contributed by atoms with van der Waals surface area (Å²) in [7, 11) is 3.53. The number of urea groups is 1. The highest BCUT2D eigenvalue weighted by atomic mass is 16.5. The van der Waals surface area contributed by atoms with Crippen LogP contribution in [-0.4, -0.2) is 60.1 Å². The summed E-state index contributed by atoms with van der Waals surface area (Å²) in [5.74, 6) is 0.942. The molecule has 2 heterocycles. The first-order valence-corrected chi connectivity index (χ1v) is 8.91. The number of benzene rings is 1. The quantitative estimate of drug-likeness (QED) is 0.829. The lowest BCUT2D eigenvalue weighted by Crippen LogP contribution is -2.42. The molecule has 1 aromatic carbocycles. The molecule has 0 aliphatic carbocycles. The van der Waals surface area contributed by atoms with Crippen molar-refractivity contribution >= 4 is 11.8 Å². The first-order valence-electron chi connectivity index (χ1n) is 8.91. The Bertz CT molecular complexity index is 731. The lowest BCUT2D eigenvalue weighted by Gasteiger charge is -2.20. The van der Waals surface area contributed by atoms with E-state index in [0.29, 0.717) is 12.4 Å². The van der Waals surface area contributed by atoms with Crippen LogP contribution in [0.2, 0.25) is 0 Å². The van der Waals surface area contributed by atoms with Gasteiger partial charge in [0.15, 0.2) is 0 Å². The average Bonchev–Trinajstić information content (AvgIpc) is 3.16. The van der Waals surface area contributed by atoms with Crippen LogP contribution in [0.5, 0.6) is 0 Å². The number of anilines is 1. The van der Waals surface area contributed by atoms with Crippen molar-refractivity contribution in [2.45, 2.75) is 18.9 Å². The maximum atomic E-state index is 12.5. The molecule has 1 aromatic heterocycles. The van der Waals surface area contributed by atoms with Gasteiger partial charge in [0.1, 0.15) is 5.82 Å². The number of carbonyl (C=O) groups is 1. The van der Waals surface area contributed by atoms with Gasteiger partial charge in [-0.05, 0) is 12.5 Å². The third-order valence-electron chi connectivity index (χ3n) is 4.79. The SMILES string of the molecule is COCCN1C[C@@H](NC(=O)Nc2cc(C)nn2C)[C@H](c2ccccc2)C1. The molecule has 2 aromatic rings. The van der Waals surface area contributed by atoms with Crippen LogP contribution in [0.25, 0.3) is 0 Å². The van der Waals surface area contributed by atoms with Crippen LogP contribution in [-0.2, 0) is 11.8 Å². The Morgan fingerprint density at radius 3 is 2.73 bits per heavy atom. The van der Waals surface area contributed by atoms with E-state index in [9.17, 15) is 4.79 Å². The predicted molar refractivity (Wildman–Crippen MR) is 101 cm³/mol. The second-order valence-corrected chi connectivity index (χ2v) is 6.77. The Morgan fingerprint density at radius 2 is 2.08 bits per heavy atom. The molecule has 3 rings (SSSR count). The summed E-state index contributed by atoms with van der Waals surface area (Å²) < 4.78 is 6.87. The largest absolute Gasteiger partial charge is 0.383 e. The number of ether oxygens (including phenoxy) is 1. The van der Waals surface area contributed by atoms with Crippen molar-refractivity contribution in [2.24, 2.45) is 7.05 Å². The standard InChI is InChI=1S/C19H27N5O2/c1-14-11-18(23(2)22-14)21-19(25)20-17-13-24(9-10-26-3)12-16(17)15-7-5-4-6-8-15/h4-8,11,16-17H,9-10,12-13H2,1-3H3,(H2,20,21,25)/t16-,17+/m0/s1. The van der Waals surface area contributed by atoms with Crippen LogP contribution in [0.1, 0.15) is 17.2 Å². The van der Waals surface area contributed by atoms with Gasteiger partial charge in [-0.3, -0.25) is 14.9 Å². The third kappa shape index (κ3) is 4.42. The fourth-order valence-corrected chi connectivity index (χ4v) is 3.52. The zero-order chi connectivity index (χ0) is 18.5. The summed E-state index contributed by atoms with van der Waals surface area (Å²) in [6.07, 6.45) is 0. The number of aryl methyl sites for hydroxylation is 2. The lowest BCUT2D eigenvalue weighted by molar-refractivity contribution is 0.159. The van der Waals surface area contributed by atoms with E-state index < -0.39 is 0 Å². The van der Waals surface area contributed by atoms with E-state index >= 15 is 0 Å². The van der Waals surface area contributed by atoms with Crippen molar-refractivity contribution in [2.75, 3.05) is 38.7 Å². The second-order valence-electron chi connectivity index (χ2n) is 6.77. The molecule has 2 amide bonds. The van der Waals surface area contributed by atoms with Gasteiger partial charge in [0.05, 0.1) is 18.3 Å². The Hall–Kier alpha value is -2.38. The van der Waals surface area contributed by atoms with Crippen molar-refractivity contribution in [1.29, 1.82) is 0 Å². The Balaban J connectivity index is 1.68. The predicted octanol–water partition coefficient (Wildman–Crippen LogP) is 1.96. The highest BCUT2D eigenvalue weighted by Gasteiger charge is 2.34. The summed E-state index contributed by atoms with van der Waals surface area (Å²) in [4.78, 5) is 14.9. The third-order valence-corrected chi connectivity index (χ3v) is 4.79. The minimum atomic E-state index is -0.201. The molecule has 0 saturated carbocycles.